The average Bonchev–Trinajstić information content (AvgIpc) is 2.85. The second-order valence-electron chi connectivity index (χ2n) is 4.80. The van der Waals surface area contributed by atoms with Crippen molar-refractivity contribution < 1.29 is 4.79 Å². The standard InChI is InChI=1S/C9H17N3O.C5H11N/c1-3-4-5-8(6-10)7-12(2)9(11)13;1-6-4-2-3-5-6/h3-4,6H,5,7,10H2,1-2H3,(H2,11,13);2-5H2,1H3/b4-3-,8-6+;. The van der Waals surface area contributed by atoms with Crippen LogP contribution in [-0.2, 0) is 0 Å². The summed E-state index contributed by atoms with van der Waals surface area (Å²) in [4.78, 5) is 14.5. The van der Waals surface area contributed by atoms with E-state index in [0.29, 0.717) is 6.54 Å². The Balaban J connectivity index is 0.000000443. The Labute approximate surface area is 116 Å². The number of nitrogens with zero attached hydrogens (tertiary/aromatic N) is 2. The number of allylic oxidation sites excluding steroid dienone is 2. The highest BCUT2D eigenvalue weighted by atomic mass is 16.2. The van der Waals surface area contributed by atoms with Crippen LogP contribution in [0.3, 0.4) is 0 Å². The van der Waals surface area contributed by atoms with E-state index in [0.717, 1.165) is 12.0 Å². The van der Waals surface area contributed by atoms with Crippen LogP contribution in [0, 0.1) is 0 Å². The minimum Gasteiger partial charge on any atom is -0.405 e. The van der Waals surface area contributed by atoms with Gasteiger partial charge in [-0.25, -0.2) is 4.79 Å². The molecule has 19 heavy (non-hydrogen) atoms. The molecule has 0 aromatic carbocycles. The van der Waals surface area contributed by atoms with E-state index in [2.05, 4.69) is 11.9 Å². The zero-order valence-corrected chi connectivity index (χ0v) is 12.4. The van der Waals surface area contributed by atoms with Crippen LogP contribution in [0.4, 0.5) is 4.79 Å². The predicted molar refractivity (Wildman–Crippen MR) is 80.6 cm³/mol. The van der Waals surface area contributed by atoms with Crippen molar-refractivity contribution in [3.05, 3.63) is 23.9 Å². The molecule has 0 aliphatic carbocycles. The second kappa shape index (κ2) is 10.4. The minimum atomic E-state index is -0.445. The number of likely N-dealkylation sites (N-methyl/N-ethyl adjacent to an activating group) is 1. The van der Waals surface area contributed by atoms with E-state index in [-0.39, 0.29) is 0 Å². The third-order valence-electron chi connectivity index (χ3n) is 3.00. The quantitative estimate of drug-likeness (QED) is 0.759. The molecule has 0 spiro atoms. The molecule has 1 aliphatic rings. The summed E-state index contributed by atoms with van der Waals surface area (Å²) in [6.45, 7) is 5.06. The van der Waals surface area contributed by atoms with Gasteiger partial charge in [-0.3, -0.25) is 0 Å². The lowest BCUT2D eigenvalue weighted by molar-refractivity contribution is 0.221. The maximum atomic E-state index is 10.7. The smallest absolute Gasteiger partial charge is 0.314 e. The molecule has 0 bridgehead atoms. The third-order valence-corrected chi connectivity index (χ3v) is 3.00. The van der Waals surface area contributed by atoms with Gasteiger partial charge >= 0.3 is 6.03 Å². The Kier molecular flexibility index (Phi) is 9.62. The van der Waals surface area contributed by atoms with Gasteiger partial charge in [-0.1, -0.05) is 12.2 Å². The van der Waals surface area contributed by atoms with Crippen LogP contribution >= 0.6 is 0 Å². The molecule has 5 nitrogen and oxygen atoms in total. The lowest BCUT2D eigenvalue weighted by Crippen LogP contribution is -2.33. The van der Waals surface area contributed by atoms with Gasteiger partial charge in [0.25, 0.3) is 0 Å². The number of rotatable bonds is 4. The lowest BCUT2D eigenvalue weighted by Gasteiger charge is -2.15. The van der Waals surface area contributed by atoms with Gasteiger partial charge in [0.15, 0.2) is 0 Å². The van der Waals surface area contributed by atoms with E-state index in [9.17, 15) is 4.79 Å². The summed E-state index contributed by atoms with van der Waals surface area (Å²) in [5.74, 6) is 0. The van der Waals surface area contributed by atoms with Crippen molar-refractivity contribution in [2.24, 2.45) is 11.5 Å². The summed E-state index contributed by atoms with van der Waals surface area (Å²) < 4.78 is 0. The summed E-state index contributed by atoms with van der Waals surface area (Å²) in [6, 6.07) is -0.445. The van der Waals surface area contributed by atoms with Crippen LogP contribution in [0.25, 0.3) is 0 Å². The van der Waals surface area contributed by atoms with Crippen LogP contribution in [0.5, 0.6) is 0 Å². The fraction of sp³-hybridized carbons (Fsp3) is 0.643. The molecule has 1 rings (SSSR count). The minimum absolute atomic E-state index is 0.445. The highest BCUT2D eigenvalue weighted by Gasteiger charge is 2.04. The molecule has 1 heterocycles. The molecule has 0 saturated carbocycles. The van der Waals surface area contributed by atoms with Crippen molar-refractivity contribution in [1.29, 1.82) is 0 Å². The number of nitrogens with two attached hydrogens (primary N) is 2. The first-order valence-corrected chi connectivity index (χ1v) is 6.71. The number of hydrogen-bond donors (Lipinski definition) is 2. The number of carbonyl (C=O) groups is 1. The predicted octanol–water partition coefficient (Wildman–Crippen LogP) is 1.52. The van der Waals surface area contributed by atoms with Gasteiger partial charge in [0.2, 0.25) is 0 Å². The molecule has 2 amide bonds. The van der Waals surface area contributed by atoms with Crippen LogP contribution < -0.4 is 11.5 Å². The van der Waals surface area contributed by atoms with E-state index in [1.807, 2.05) is 19.1 Å². The van der Waals surface area contributed by atoms with Gasteiger partial charge in [0, 0.05) is 13.6 Å². The fourth-order valence-corrected chi connectivity index (χ4v) is 1.71. The van der Waals surface area contributed by atoms with E-state index in [4.69, 9.17) is 11.5 Å². The molecule has 0 unspecified atom stereocenters. The van der Waals surface area contributed by atoms with Gasteiger partial charge in [0.05, 0.1) is 0 Å². The third kappa shape index (κ3) is 9.13. The van der Waals surface area contributed by atoms with Gasteiger partial charge in [-0.05, 0) is 58.1 Å². The van der Waals surface area contributed by atoms with Crippen LogP contribution in [0.15, 0.2) is 23.9 Å². The highest BCUT2D eigenvalue weighted by Crippen LogP contribution is 2.03. The topological polar surface area (TPSA) is 75.6 Å². The molecular formula is C14H28N4O. The summed E-state index contributed by atoms with van der Waals surface area (Å²) in [5.41, 5.74) is 11.4. The zero-order valence-electron chi connectivity index (χ0n) is 12.4. The Morgan fingerprint density at radius 3 is 2.26 bits per heavy atom. The molecular weight excluding hydrogens is 240 g/mol. The van der Waals surface area contributed by atoms with Gasteiger partial charge in [-0.15, -0.1) is 0 Å². The second-order valence-corrected chi connectivity index (χ2v) is 4.80. The first-order valence-electron chi connectivity index (χ1n) is 6.71. The van der Waals surface area contributed by atoms with Crippen molar-refractivity contribution in [2.75, 3.05) is 33.7 Å². The fourth-order valence-electron chi connectivity index (χ4n) is 1.71. The van der Waals surface area contributed by atoms with Gasteiger partial charge in [0.1, 0.15) is 0 Å². The molecule has 0 atom stereocenters. The maximum absolute atomic E-state index is 10.7. The van der Waals surface area contributed by atoms with Crippen LogP contribution in [-0.4, -0.2) is 49.6 Å². The van der Waals surface area contributed by atoms with Gasteiger partial charge in [-0.2, -0.15) is 0 Å². The summed E-state index contributed by atoms with van der Waals surface area (Å²) in [7, 11) is 3.81. The maximum Gasteiger partial charge on any atom is 0.314 e. The molecule has 1 aliphatic heterocycles. The molecule has 110 valence electrons. The summed E-state index contributed by atoms with van der Waals surface area (Å²) in [6.07, 6.45) is 9.01. The normalized spacial score (nSPS) is 16.3. The number of carbonyl (C=O) groups excluding carboxylic acids is 1. The SMILES string of the molecule is C/C=C\C/C(=C\N)CN(C)C(N)=O.CN1CCCC1. The highest BCUT2D eigenvalue weighted by molar-refractivity contribution is 5.71. The van der Waals surface area contributed by atoms with Crippen molar-refractivity contribution in [2.45, 2.75) is 26.2 Å². The molecule has 0 aromatic rings. The van der Waals surface area contributed by atoms with Crippen LogP contribution in [0.2, 0.25) is 0 Å². The molecule has 0 radical (unpaired) electrons. The monoisotopic (exact) mass is 268 g/mol. The molecule has 0 aromatic heterocycles. The molecule has 1 saturated heterocycles. The number of amides is 2. The molecule has 1 fully saturated rings. The van der Waals surface area contributed by atoms with Crippen LogP contribution in [0.1, 0.15) is 26.2 Å². The Hall–Kier alpha value is -1.49. The number of primary amides is 1. The number of likely N-dealkylation sites (tertiary alicyclic amines) is 1. The largest absolute Gasteiger partial charge is 0.405 e. The average molecular weight is 268 g/mol. The lowest BCUT2D eigenvalue weighted by atomic mass is 10.2. The van der Waals surface area contributed by atoms with Crippen molar-refractivity contribution in [1.82, 2.24) is 9.80 Å². The summed E-state index contributed by atoms with van der Waals surface area (Å²) in [5, 5.41) is 0. The Morgan fingerprint density at radius 1 is 1.37 bits per heavy atom. The van der Waals surface area contributed by atoms with Gasteiger partial charge < -0.3 is 21.3 Å². The Bertz CT molecular complexity index is 307. The van der Waals surface area contributed by atoms with E-state index in [1.54, 1.807) is 7.05 Å². The first kappa shape index (κ1) is 17.5. The number of urea groups is 1. The Morgan fingerprint density at radius 2 is 1.95 bits per heavy atom. The summed E-state index contributed by atoms with van der Waals surface area (Å²) >= 11 is 0. The van der Waals surface area contributed by atoms with Crippen molar-refractivity contribution in [3.8, 4) is 0 Å². The molecule has 5 heteroatoms. The van der Waals surface area contributed by atoms with E-state index in [1.165, 1.54) is 37.0 Å². The molecule has 4 N–H and O–H groups in total. The number of hydrogen-bond acceptors (Lipinski definition) is 3. The van der Waals surface area contributed by atoms with E-state index < -0.39 is 6.03 Å². The van der Waals surface area contributed by atoms with Crippen molar-refractivity contribution in [3.63, 3.8) is 0 Å². The zero-order chi connectivity index (χ0) is 14.7. The first-order chi connectivity index (χ1) is 9.01. The van der Waals surface area contributed by atoms with E-state index >= 15 is 0 Å². The van der Waals surface area contributed by atoms with Crippen molar-refractivity contribution >= 4 is 6.03 Å².